The van der Waals surface area contributed by atoms with Crippen molar-refractivity contribution in [1.29, 1.82) is 0 Å². The minimum atomic E-state index is -0.953. The lowest BCUT2D eigenvalue weighted by Gasteiger charge is -1.96. The maximum absolute atomic E-state index is 12.4. The van der Waals surface area contributed by atoms with E-state index >= 15 is 0 Å². The van der Waals surface area contributed by atoms with Crippen molar-refractivity contribution in [3.63, 3.8) is 0 Å². The third-order valence-corrected chi connectivity index (χ3v) is 1.10. The molecule has 9 heavy (non-hydrogen) atoms. The first kappa shape index (κ1) is 6.20. The van der Waals surface area contributed by atoms with Crippen LogP contribution in [0.1, 0.15) is 18.8 Å². The molecule has 1 atom stereocenters. The third-order valence-electron chi connectivity index (χ3n) is 1.10. The van der Waals surface area contributed by atoms with Gasteiger partial charge in [0.2, 0.25) is 0 Å². The van der Waals surface area contributed by atoms with E-state index in [1.54, 1.807) is 24.4 Å². The van der Waals surface area contributed by atoms with Crippen LogP contribution < -0.4 is 0 Å². The molecule has 0 radical (unpaired) electrons. The molecule has 0 aliphatic heterocycles. The fraction of sp³-hybridized carbons (Fsp3) is 0.286. The Bertz CT molecular complexity index is 172. The smallest absolute Gasteiger partial charge is 0.139 e. The molecule has 0 saturated heterocycles. The largest absolute Gasteiger partial charge is 0.258 e. The van der Waals surface area contributed by atoms with Gasteiger partial charge in [-0.2, -0.15) is 0 Å². The number of alkyl halides is 1. The van der Waals surface area contributed by atoms with E-state index in [9.17, 15) is 4.39 Å². The molecule has 1 rings (SSSR count). The average Bonchev–Trinajstić information content (AvgIpc) is 1.90. The molecular weight excluding hydrogens is 117 g/mol. The van der Waals surface area contributed by atoms with E-state index in [0.29, 0.717) is 5.69 Å². The number of nitrogens with zero attached hydrogens (tertiary/aromatic N) is 1. The molecule has 2 heteroatoms. The molecule has 0 bridgehead atoms. The zero-order valence-electron chi connectivity index (χ0n) is 5.21. The lowest BCUT2D eigenvalue weighted by atomic mass is 10.3. The van der Waals surface area contributed by atoms with E-state index in [2.05, 4.69) is 4.98 Å². The molecule has 0 saturated carbocycles. The predicted octanol–water partition coefficient (Wildman–Crippen LogP) is 2.11. The summed E-state index contributed by atoms with van der Waals surface area (Å²) in [5.74, 6) is 0. The van der Waals surface area contributed by atoms with E-state index in [4.69, 9.17) is 0 Å². The summed E-state index contributed by atoms with van der Waals surface area (Å²) in [5.41, 5.74) is 0.498. The van der Waals surface area contributed by atoms with E-state index in [1.807, 2.05) is 0 Å². The summed E-state index contributed by atoms with van der Waals surface area (Å²) in [6.07, 6.45) is 0.636. The van der Waals surface area contributed by atoms with Gasteiger partial charge in [0.05, 0.1) is 5.69 Å². The van der Waals surface area contributed by atoms with Gasteiger partial charge in [-0.3, -0.25) is 4.98 Å². The molecular formula is C7H8FN. The summed E-state index contributed by atoms with van der Waals surface area (Å²) in [7, 11) is 0. The second-order valence-corrected chi connectivity index (χ2v) is 1.87. The first-order valence-electron chi connectivity index (χ1n) is 2.85. The molecule has 0 spiro atoms. The molecule has 0 aliphatic rings. The van der Waals surface area contributed by atoms with Crippen LogP contribution in [0.4, 0.5) is 4.39 Å². The molecule has 0 unspecified atom stereocenters. The summed E-state index contributed by atoms with van der Waals surface area (Å²) in [4.78, 5) is 3.80. The summed E-state index contributed by atoms with van der Waals surface area (Å²) in [5, 5.41) is 0. The van der Waals surface area contributed by atoms with Crippen LogP contribution in [-0.4, -0.2) is 4.98 Å². The van der Waals surface area contributed by atoms with E-state index < -0.39 is 6.17 Å². The molecule has 0 aliphatic carbocycles. The SMILES string of the molecule is C[C@@H](F)c1ccccn1. The maximum Gasteiger partial charge on any atom is 0.139 e. The topological polar surface area (TPSA) is 12.9 Å². The van der Waals surface area contributed by atoms with Crippen molar-refractivity contribution in [2.45, 2.75) is 13.1 Å². The average molecular weight is 125 g/mol. The van der Waals surface area contributed by atoms with Crippen molar-refractivity contribution in [3.8, 4) is 0 Å². The zero-order valence-corrected chi connectivity index (χ0v) is 5.21. The quantitative estimate of drug-likeness (QED) is 0.560. The molecule has 0 N–H and O–H groups in total. The van der Waals surface area contributed by atoms with Crippen LogP contribution in [-0.2, 0) is 0 Å². The van der Waals surface area contributed by atoms with Crippen LogP contribution in [0.3, 0.4) is 0 Å². The molecule has 0 fully saturated rings. The zero-order chi connectivity index (χ0) is 6.69. The van der Waals surface area contributed by atoms with Gasteiger partial charge in [-0.1, -0.05) is 6.07 Å². The molecule has 1 nitrogen and oxygen atoms in total. The van der Waals surface area contributed by atoms with Gasteiger partial charge in [-0.15, -0.1) is 0 Å². The van der Waals surface area contributed by atoms with Crippen molar-refractivity contribution in [2.75, 3.05) is 0 Å². The summed E-state index contributed by atoms with van der Waals surface area (Å²) in [6, 6.07) is 5.22. The lowest BCUT2D eigenvalue weighted by molar-refractivity contribution is 0.366. The molecule has 1 aromatic rings. The van der Waals surface area contributed by atoms with Crippen LogP contribution in [0, 0.1) is 0 Å². The summed E-state index contributed by atoms with van der Waals surface area (Å²) < 4.78 is 12.4. The Morgan fingerprint density at radius 1 is 1.56 bits per heavy atom. The Morgan fingerprint density at radius 3 is 2.67 bits per heavy atom. The van der Waals surface area contributed by atoms with Gasteiger partial charge in [0.25, 0.3) is 0 Å². The van der Waals surface area contributed by atoms with Gasteiger partial charge >= 0.3 is 0 Å². The number of halogens is 1. The van der Waals surface area contributed by atoms with Crippen LogP contribution in [0.2, 0.25) is 0 Å². The number of pyridine rings is 1. The van der Waals surface area contributed by atoms with Crippen LogP contribution in [0.25, 0.3) is 0 Å². The van der Waals surface area contributed by atoms with Gasteiger partial charge in [0.1, 0.15) is 6.17 Å². The molecule has 48 valence electrons. The Morgan fingerprint density at radius 2 is 2.33 bits per heavy atom. The van der Waals surface area contributed by atoms with Crippen molar-refractivity contribution in [1.82, 2.24) is 4.98 Å². The fourth-order valence-electron chi connectivity index (χ4n) is 0.611. The Balaban J connectivity index is 2.85. The van der Waals surface area contributed by atoms with Gasteiger partial charge < -0.3 is 0 Å². The highest BCUT2D eigenvalue weighted by atomic mass is 19.1. The van der Waals surface area contributed by atoms with Gasteiger partial charge in [-0.25, -0.2) is 4.39 Å². The summed E-state index contributed by atoms with van der Waals surface area (Å²) in [6.45, 7) is 1.47. The normalized spacial score (nSPS) is 13.1. The number of aromatic nitrogens is 1. The monoisotopic (exact) mass is 125 g/mol. The standard InChI is InChI=1S/C7H8FN/c1-6(8)7-4-2-3-5-9-7/h2-6H,1H3/t6-/m1/s1. The van der Waals surface area contributed by atoms with Crippen LogP contribution in [0.5, 0.6) is 0 Å². The molecule has 1 aromatic heterocycles. The van der Waals surface area contributed by atoms with Gasteiger partial charge in [0.15, 0.2) is 0 Å². The van der Waals surface area contributed by atoms with E-state index in [1.165, 1.54) is 6.92 Å². The van der Waals surface area contributed by atoms with Crippen molar-refractivity contribution in [2.24, 2.45) is 0 Å². The number of rotatable bonds is 1. The predicted molar refractivity (Wildman–Crippen MR) is 33.8 cm³/mol. The van der Waals surface area contributed by atoms with Crippen molar-refractivity contribution in [3.05, 3.63) is 30.1 Å². The third kappa shape index (κ3) is 1.49. The van der Waals surface area contributed by atoms with Gasteiger partial charge in [-0.05, 0) is 19.1 Å². The molecule has 1 heterocycles. The Hall–Kier alpha value is -0.920. The van der Waals surface area contributed by atoms with E-state index in [0.717, 1.165) is 0 Å². The Kier molecular flexibility index (Phi) is 1.78. The highest BCUT2D eigenvalue weighted by Crippen LogP contribution is 2.10. The maximum atomic E-state index is 12.4. The minimum absolute atomic E-state index is 0.498. The van der Waals surface area contributed by atoms with Crippen molar-refractivity contribution < 1.29 is 4.39 Å². The number of hydrogen-bond acceptors (Lipinski definition) is 1. The van der Waals surface area contributed by atoms with Crippen LogP contribution >= 0.6 is 0 Å². The summed E-state index contributed by atoms with van der Waals surface area (Å²) >= 11 is 0. The first-order valence-corrected chi connectivity index (χ1v) is 2.85. The lowest BCUT2D eigenvalue weighted by Crippen LogP contribution is -1.87. The Labute approximate surface area is 53.5 Å². The number of hydrogen-bond donors (Lipinski definition) is 0. The second kappa shape index (κ2) is 2.58. The fourth-order valence-corrected chi connectivity index (χ4v) is 0.611. The van der Waals surface area contributed by atoms with Crippen LogP contribution in [0.15, 0.2) is 24.4 Å². The second-order valence-electron chi connectivity index (χ2n) is 1.87. The highest BCUT2D eigenvalue weighted by Gasteiger charge is 1.99. The van der Waals surface area contributed by atoms with Crippen molar-refractivity contribution >= 4 is 0 Å². The molecule has 0 aromatic carbocycles. The minimum Gasteiger partial charge on any atom is -0.258 e. The highest BCUT2D eigenvalue weighted by molar-refractivity contribution is 5.05. The van der Waals surface area contributed by atoms with Gasteiger partial charge in [0, 0.05) is 6.20 Å². The molecule has 0 amide bonds. The first-order chi connectivity index (χ1) is 4.30. The van der Waals surface area contributed by atoms with E-state index in [-0.39, 0.29) is 0 Å².